The van der Waals surface area contributed by atoms with Crippen LogP contribution in [0.2, 0.25) is 0 Å². The Morgan fingerprint density at radius 2 is 2.10 bits per heavy atom. The average Bonchev–Trinajstić information content (AvgIpc) is 1.85. The van der Waals surface area contributed by atoms with E-state index >= 15 is 0 Å². The zero-order chi connectivity index (χ0) is 8.20. The Kier molecular flexibility index (Phi) is 3.95. The van der Waals surface area contributed by atoms with Gasteiger partial charge in [0.15, 0.2) is 0 Å². The number of nitrogens with zero attached hydrogens (tertiary/aromatic N) is 1. The van der Waals surface area contributed by atoms with E-state index in [1.807, 2.05) is 27.0 Å². The van der Waals surface area contributed by atoms with Crippen molar-refractivity contribution < 1.29 is 0 Å². The summed E-state index contributed by atoms with van der Waals surface area (Å²) in [6.45, 7) is 8.11. The topological polar surface area (TPSA) is 12.4 Å². The van der Waals surface area contributed by atoms with Crippen LogP contribution < -0.4 is 0 Å². The summed E-state index contributed by atoms with van der Waals surface area (Å²) in [4.78, 5) is 3.96. The third-order valence-electron chi connectivity index (χ3n) is 1.33. The molecule has 60 valence electrons. The second-order valence-electron chi connectivity index (χ2n) is 3.00. The van der Waals surface area contributed by atoms with Gasteiger partial charge in [0.2, 0.25) is 0 Å². The van der Waals surface area contributed by atoms with Gasteiger partial charge in [0.05, 0.1) is 4.87 Å². The molecule has 1 unspecified atom stereocenters. The molecule has 0 fully saturated rings. The van der Waals surface area contributed by atoms with Crippen LogP contribution in [0.3, 0.4) is 0 Å². The molecule has 0 aromatic heterocycles. The van der Waals surface area contributed by atoms with E-state index in [4.69, 9.17) is 11.6 Å². The van der Waals surface area contributed by atoms with Crippen molar-refractivity contribution >= 4 is 17.8 Å². The first-order valence-corrected chi connectivity index (χ1v) is 4.09. The van der Waals surface area contributed by atoms with Gasteiger partial charge in [-0.05, 0) is 27.2 Å². The minimum atomic E-state index is -0.246. The summed E-state index contributed by atoms with van der Waals surface area (Å²) in [5, 5.41) is 0. The number of hydrogen-bond acceptors (Lipinski definition) is 1. The highest BCUT2D eigenvalue weighted by Crippen LogP contribution is 2.15. The maximum atomic E-state index is 6.02. The summed E-state index contributed by atoms with van der Waals surface area (Å²) in [6, 6.07) is 0.352. The van der Waals surface area contributed by atoms with Crippen LogP contribution in [0.4, 0.5) is 0 Å². The second kappa shape index (κ2) is 3.97. The fourth-order valence-electron chi connectivity index (χ4n) is 0.396. The smallest absolute Gasteiger partial charge is 0.0761 e. The van der Waals surface area contributed by atoms with Crippen LogP contribution in [-0.4, -0.2) is 17.1 Å². The number of alkyl halides is 1. The molecule has 2 heteroatoms. The molecule has 10 heavy (non-hydrogen) atoms. The van der Waals surface area contributed by atoms with E-state index in [0.717, 1.165) is 6.42 Å². The van der Waals surface area contributed by atoms with E-state index in [2.05, 4.69) is 11.9 Å². The first-order chi connectivity index (χ1) is 4.48. The minimum Gasteiger partial charge on any atom is -0.293 e. The second-order valence-corrected chi connectivity index (χ2v) is 3.87. The highest BCUT2D eigenvalue weighted by Gasteiger charge is 2.13. The largest absolute Gasteiger partial charge is 0.293 e. The normalized spacial score (nSPS) is 18.2. The van der Waals surface area contributed by atoms with Crippen LogP contribution >= 0.6 is 11.6 Å². The quantitative estimate of drug-likeness (QED) is 0.446. The zero-order valence-electron chi connectivity index (χ0n) is 7.19. The average molecular weight is 162 g/mol. The lowest BCUT2D eigenvalue weighted by atomic mass is 10.1. The molecule has 0 N–H and O–H groups in total. The molecule has 0 amide bonds. The van der Waals surface area contributed by atoms with Crippen LogP contribution in [0.1, 0.15) is 34.1 Å². The van der Waals surface area contributed by atoms with E-state index in [9.17, 15) is 0 Å². The van der Waals surface area contributed by atoms with Gasteiger partial charge in [-0.1, -0.05) is 6.92 Å². The molecule has 0 bridgehead atoms. The Labute approximate surface area is 68.5 Å². The van der Waals surface area contributed by atoms with Crippen molar-refractivity contribution in [2.24, 2.45) is 4.99 Å². The lowest BCUT2D eigenvalue weighted by Gasteiger charge is -2.13. The molecule has 0 aliphatic carbocycles. The molecular weight excluding hydrogens is 146 g/mol. The molecule has 0 saturated heterocycles. The summed E-state index contributed by atoms with van der Waals surface area (Å²) in [6.07, 6.45) is 2.75. The Morgan fingerprint density at radius 1 is 1.60 bits per heavy atom. The Bertz CT molecular complexity index is 116. The lowest BCUT2D eigenvalue weighted by molar-refractivity contribution is 0.769. The lowest BCUT2D eigenvalue weighted by Crippen LogP contribution is -2.17. The zero-order valence-corrected chi connectivity index (χ0v) is 7.94. The number of rotatable bonds is 3. The first kappa shape index (κ1) is 9.96. The molecule has 0 aliphatic rings. The van der Waals surface area contributed by atoms with Crippen molar-refractivity contribution in [3.63, 3.8) is 0 Å². The SMILES string of the molecule is CCC(C)(Cl)C=NC(C)C. The molecule has 0 heterocycles. The summed E-state index contributed by atoms with van der Waals surface area (Å²) in [7, 11) is 0. The van der Waals surface area contributed by atoms with Crippen molar-refractivity contribution in [3.8, 4) is 0 Å². The summed E-state index contributed by atoms with van der Waals surface area (Å²) in [5.41, 5.74) is 0. The van der Waals surface area contributed by atoms with Crippen molar-refractivity contribution in [1.82, 2.24) is 0 Å². The molecule has 1 nitrogen and oxygen atoms in total. The summed E-state index contributed by atoms with van der Waals surface area (Å²) in [5.74, 6) is 0. The molecule has 0 aliphatic heterocycles. The standard InChI is InChI=1S/C8H16ClN/c1-5-8(4,9)6-10-7(2)3/h6-7H,5H2,1-4H3. The van der Waals surface area contributed by atoms with E-state index in [0.29, 0.717) is 6.04 Å². The van der Waals surface area contributed by atoms with Gasteiger partial charge in [-0.15, -0.1) is 11.6 Å². The van der Waals surface area contributed by atoms with Crippen LogP contribution in [0.25, 0.3) is 0 Å². The van der Waals surface area contributed by atoms with Gasteiger partial charge in [0, 0.05) is 12.3 Å². The maximum absolute atomic E-state index is 6.02. The van der Waals surface area contributed by atoms with Gasteiger partial charge >= 0.3 is 0 Å². The van der Waals surface area contributed by atoms with E-state index in [1.165, 1.54) is 0 Å². The predicted molar refractivity (Wildman–Crippen MR) is 48.2 cm³/mol. The van der Waals surface area contributed by atoms with E-state index in [1.54, 1.807) is 0 Å². The van der Waals surface area contributed by atoms with Gasteiger partial charge in [-0.3, -0.25) is 4.99 Å². The number of aliphatic imine (C=N–C) groups is 1. The Morgan fingerprint density at radius 3 is 2.40 bits per heavy atom. The molecule has 0 rings (SSSR count). The maximum Gasteiger partial charge on any atom is 0.0761 e. The van der Waals surface area contributed by atoms with Crippen LogP contribution in [-0.2, 0) is 0 Å². The van der Waals surface area contributed by atoms with Gasteiger partial charge in [0.25, 0.3) is 0 Å². The Hall–Kier alpha value is -0.0400. The Balaban J connectivity index is 3.86. The summed E-state index contributed by atoms with van der Waals surface area (Å²) >= 11 is 6.02. The fourth-order valence-corrected chi connectivity index (χ4v) is 0.452. The molecular formula is C8H16ClN. The molecule has 0 saturated carbocycles. The van der Waals surface area contributed by atoms with Gasteiger partial charge in [0.1, 0.15) is 0 Å². The third kappa shape index (κ3) is 4.80. The van der Waals surface area contributed by atoms with Gasteiger partial charge in [-0.2, -0.15) is 0 Å². The highest BCUT2D eigenvalue weighted by molar-refractivity contribution is 6.31. The molecule has 0 aromatic rings. The van der Waals surface area contributed by atoms with Crippen molar-refractivity contribution in [2.45, 2.75) is 45.0 Å². The number of hydrogen-bond donors (Lipinski definition) is 0. The van der Waals surface area contributed by atoms with Crippen LogP contribution in [0, 0.1) is 0 Å². The third-order valence-corrected chi connectivity index (χ3v) is 1.70. The predicted octanol–water partition coefficient (Wildman–Crippen LogP) is 2.87. The molecule has 0 aromatic carbocycles. The van der Waals surface area contributed by atoms with Crippen LogP contribution in [0.15, 0.2) is 4.99 Å². The van der Waals surface area contributed by atoms with Crippen LogP contribution in [0.5, 0.6) is 0 Å². The van der Waals surface area contributed by atoms with Gasteiger partial charge in [-0.25, -0.2) is 0 Å². The molecule has 0 radical (unpaired) electrons. The first-order valence-electron chi connectivity index (χ1n) is 3.71. The van der Waals surface area contributed by atoms with Crippen molar-refractivity contribution in [2.75, 3.05) is 0 Å². The minimum absolute atomic E-state index is 0.246. The number of halogens is 1. The molecule has 0 spiro atoms. The van der Waals surface area contributed by atoms with Crippen molar-refractivity contribution in [1.29, 1.82) is 0 Å². The highest BCUT2D eigenvalue weighted by atomic mass is 35.5. The van der Waals surface area contributed by atoms with Crippen molar-refractivity contribution in [3.05, 3.63) is 0 Å². The monoisotopic (exact) mass is 161 g/mol. The fraction of sp³-hybridized carbons (Fsp3) is 0.875. The molecule has 1 atom stereocenters. The van der Waals surface area contributed by atoms with E-state index < -0.39 is 0 Å². The van der Waals surface area contributed by atoms with E-state index in [-0.39, 0.29) is 4.87 Å². The van der Waals surface area contributed by atoms with Gasteiger partial charge < -0.3 is 0 Å². The summed E-state index contributed by atoms with van der Waals surface area (Å²) < 4.78 is 0.